The fraction of sp³-hybridized carbons (Fsp3) is 0.531. The molecule has 40 heavy (non-hydrogen) atoms. The number of nitrogens with zero attached hydrogens (tertiary/aromatic N) is 1. The van der Waals surface area contributed by atoms with Gasteiger partial charge in [-0.1, -0.05) is 80.9 Å². The maximum Gasteiger partial charge on any atom is 0.325 e. The number of carbonyl (C=O) groups is 3. The van der Waals surface area contributed by atoms with Crippen molar-refractivity contribution in [3.05, 3.63) is 71.8 Å². The maximum atomic E-state index is 14.0. The lowest BCUT2D eigenvalue weighted by Gasteiger charge is -2.43. The SMILES string of the molecule is CC(C)CC(C(=O)NCC(=O)OCc1ccccc1)N(Cc1ccccc1)C(=O)C1COC2(CCCCC2)OC1. The molecule has 1 aliphatic carbocycles. The number of carbonyl (C=O) groups excluding carboxylic acids is 3. The van der Waals surface area contributed by atoms with Crippen LogP contribution in [0.5, 0.6) is 0 Å². The van der Waals surface area contributed by atoms with Gasteiger partial charge in [0.1, 0.15) is 19.2 Å². The first-order valence-corrected chi connectivity index (χ1v) is 14.4. The Bertz CT molecular complexity index is 1090. The third kappa shape index (κ3) is 8.38. The molecule has 1 heterocycles. The smallest absolute Gasteiger partial charge is 0.325 e. The van der Waals surface area contributed by atoms with Crippen molar-refractivity contribution in [3.8, 4) is 0 Å². The minimum Gasteiger partial charge on any atom is -0.460 e. The first-order chi connectivity index (χ1) is 19.3. The second-order valence-electron chi connectivity index (χ2n) is 11.3. The van der Waals surface area contributed by atoms with Gasteiger partial charge in [0, 0.05) is 19.4 Å². The van der Waals surface area contributed by atoms with Crippen LogP contribution in [0.4, 0.5) is 0 Å². The molecule has 2 aromatic carbocycles. The van der Waals surface area contributed by atoms with Crippen LogP contribution in [0.15, 0.2) is 60.7 Å². The van der Waals surface area contributed by atoms with E-state index in [-0.39, 0.29) is 50.6 Å². The van der Waals surface area contributed by atoms with Crippen molar-refractivity contribution in [1.29, 1.82) is 0 Å². The molecule has 1 atom stereocenters. The van der Waals surface area contributed by atoms with Crippen LogP contribution < -0.4 is 5.32 Å². The Morgan fingerprint density at radius 1 is 0.925 bits per heavy atom. The van der Waals surface area contributed by atoms with E-state index in [1.54, 1.807) is 4.90 Å². The van der Waals surface area contributed by atoms with E-state index >= 15 is 0 Å². The number of hydrogen-bond donors (Lipinski definition) is 1. The molecule has 8 heteroatoms. The normalized spacial score (nSPS) is 17.8. The summed E-state index contributed by atoms with van der Waals surface area (Å²) in [4.78, 5) is 41.6. The summed E-state index contributed by atoms with van der Waals surface area (Å²) in [7, 11) is 0. The molecule has 4 rings (SSSR count). The van der Waals surface area contributed by atoms with Crippen LogP contribution in [0.2, 0.25) is 0 Å². The van der Waals surface area contributed by atoms with E-state index in [1.807, 2.05) is 74.5 Å². The minimum absolute atomic E-state index is 0.132. The first kappa shape index (κ1) is 29.7. The zero-order valence-corrected chi connectivity index (χ0v) is 23.7. The molecule has 1 aliphatic heterocycles. The van der Waals surface area contributed by atoms with Crippen molar-refractivity contribution in [1.82, 2.24) is 10.2 Å². The lowest BCUT2D eigenvalue weighted by Crippen LogP contribution is -2.55. The topological polar surface area (TPSA) is 94.2 Å². The number of amides is 2. The van der Waals surface area contributed by atoms with Gasteiger partial charge in [0.05, 0.1) is 19.1 Å². The second kappa shape index (κ2) is 14.4. The molecule has 1 saturated carbocycles. The highest BCUT2D eigenvalue weighted by Gasteiger charge is 2.43. The third-order valence-electron chi connectivity index (χ3n) is 7.56. The van der Waals surface area contributed by atoms with Gasteiger partial charge in [-0.3, -0.25) is 14.4 Å². The number of nitrogens with one attached hydrogen (secondary N) is 1. The van der Waals surface area contributed by atoms with Gasteiger partial charge in [0.15, 0.2) is 5.79 Å². The Morgan fingerprint density at radius 2 is 1.52 bits per heavy atom. The van der Waals surface area contributed by atoms with E-state index in [9.17, 15) is 14.4 Å². The van der Waals surface area contributed by atoms with E-state index in [0.717, 1.165) is 36.8 Å². The van der Waals surface area contributed by atoms with Crippen LogP contribution in [-0.4, -0.2) is 54.3 Å². The summed E-state index contributed by atoms with van der Waals surface area (Å²) in [6.45, 7) is 4.69. The van der Waals surface area contributed by atoms with Gasteiger partial charge in [0.2, 0.25) is 11.8 Å². The quantitative estimate of drug-likeness (QED) is 0.411. The monoisotopic (exact) mass is 550 g/mol. The molecule has 2 amide bonds. The Balaban J connectivity index is 1.44. The van der Waals surface area contributed by atoms with Crippen molar-refractivity contribution in [2.24, 2.45) is 11.8 Å². The van der Waals surface area contributed by atoms with Crippen LogP contribution in [0, 0.1) is 11.8 Å². The predicted octanol–water partition coefficient (Wildman–Crippen LogP) is 4.61. The van der Waals surface area contributed by atoms with Crippen LogP contribution in [0.3, 0.4) is 0 Å². The molecule has 216 valence electrons. The number of esters is 1. The second-order valence-corrected chi connectivity index (χ2v) is 11.3. The van der Waals surface area contributed by atoms with Gasteiger partial charge < -0.3 is 24.4 Å². The summed E-state index contributed by atoms with van der Waals surface area (Å²) in [5.74, 6) is -2.04. The fourth-order valence-corrected chi connectivity index (χ4v) is 5.36. The molecule has 2 aliphatic rings. The van der Waals surface area contributed by atoms with Crippen LogP contribution in [0.25, 0.3) is 0 Å². The summed E-state index contributed by atoms with van der Waals surface area (Å²) >= 11 is 0. The number of rotatable bonds is 11. The highest BCUT2D eigenvalue weighted by atomic mass is 16.7. The number of hydrogen-bond acceptors (Lipinski definition) is 6. The molecule has 1 saturated heterocycles. The van der Waals surface area contributed by atoms with E-state index in [1.165, 1.54) is 6.42 Å². The van der Waals surface area contributed by atoms with Crippen molar-refractivity contribution >= 4 is 17.8 Å². The summed E-state index contributed by atoms with van der Waals surface area (Å²) in [6.07, 6.45) is 5.43. The number of benzene rings is 2. The zero-order chi connectivity index (χ0) is 28.4. The van der Waals surface area contributed by atoms with E-state index < -0.39 is 23.7 Å². The maximum absolute atomic E-state index is 14.0. The van der Waals surface area contributed by atoms with E-state index in [4.69, 9.17) is 14.2 Å². The Morgan fingerprint density at radius 3 is 2.12 bits per heavy atom. The molecule has 0 aromatic heterocycles. The molecule has 8 nitrogen and oxygen atoms in total. The van der Waals surface area contributed by atoms with Crippen molar-refractivity contribution in [3.63, 3.8) is 0 Å². The average Bonchev–Trinajstić information content (AvgIpc) is 2.98. The summed E-state index contributed by atoms with van der Waals surface area (Å²) in [6, 6.07) is 18.2. The van der Waals surface area contributed by atoms with Crippen LogP contribution in [0.1, 0.15) is 63.5 Å². The van der Waals surface area contributed by atoms with Gasteiger partial charge in [-0.25, -0.2) is 0 Å². The molecule has 1 unspecified atom stereocenters. The lowest BCUT2D eigenvalue weighted by atomic mass is 9.92. The van der Waals surface area contributed by atoms with Gasteiger partial charge in [0.25, 0.3) is 0 Å². The van der Waals surface area contributed by atoms with Crippen molar-refractivity contribution < 1.29 is 28.6 Å². The predicted molar refractivity (Wildman–Crippen MR) is 151 cm³/mol. The third-order valence-corrected chi connectivity index (χ3v) is 7.56. The zero-order valence-electron chi connectivity index (χ0n) is 23.7. The molecular formula is C32H42N2O6. The van der Waals surface area contributed by atoms with Gasteiger partial charge in [-0.2, -0.15) is 0 Å². The molecular weight excluding hydrogens is 508 g/mol. The highest BCUT2D eigenvalue weighted by Crippen LogP contribution is 2.36. The Hall–Kier alpha value is -3.23. The van der Waals surface area contributed by atoms with Crippen molar-refractivity contribution in [2.45, 2.75) is 77.4 Å². The molecule has 1 N–H and O–H groups in total. The molecule has 1 spiro atoms. The fourth-order valence-electron chi connectivity index (χ4n) is 5.36. The summed E-state index contributed by atoms with van der Waals surface area (Å²) in [5, 5.41) is 2.72. The molecule has 0 bridgehead atoms. The van der Waals surface area contributed by atoms with Gasteiger partial charge in [-0.15, -0.1) is 0 Å². The highest BCUT2D eigenvalue weighted by molar-refractivity contribution is 5.90. The van der Waals surface area contributed by atoms with Gasteiger partial charge >= 0.3 is 5.97 Å². The van der Waals surface area contributed by atoms with E-state index in [2.05, 4.69) is 5.32 Å². The van der Waals surface area contributed by atoms with Gasteiger partial charge in [-0.05, 0) is 36.3 Å². The average molecular weight is 551 g/mol. The Kier molecular flexibility index (Phi) is 10.7. The molecule has 0 radical (unpaired) electrons. The molecule has 2 aromatic rings. The largest absolute Gasteiger partial charge is 0.460 e. The lowest BCUT2D eigenvalue weighted by molar-refractivity contribution is -0.292. The van der Waals surface area contributed by atoms with Crippen molar-refractivity contribution in [2.75, 3.05) is 19.8 Å². The summed E-state index contributed by atoms with van der Waals surface area (Å²) in [5.41, 5.74) is 1.78. The number of ether oxygens (including phenoxy) is 3. The minimum atomic E-state index is -0.764. The van der Waals surface area contributed by atoms with Crippen LogP contribution >= 0.6 is 0 Å². The van der Waals surface area contributed by atoms with Crippen LogP contribution in [-0.2, 0) is 41.7 Å². The Labute approximate surface area is 237 Å². The van der Waals surface area contributed by atoms with E-state index in [0.29, 0.717) is 6.42 Å². The standard InChI is InChI=1S/C32H42N2O6/c1-24(2)18-28(30(36)33-19-29(35)38-21-26-14-8-4-9-15-26)34(20-25-12-6-3-7-13-25)31(37)27-22-39-32(40-23-27)16-10-5-11-17-32/h3-4,6-9,12-15,24,27-28H,5,10-11,16-23H2,1-2H3,(H,33,36). The first-order valence-electron chi connectivity index (χ1n) is 14.4. The summed E-state index contributed by atoms with van der Waals surface area (Å²) < 4.78 is 17.7. The molecule has 2 fully saturated rings.